The lowest BCUT2D eigenvalue weighted by Gasteiger charge is -2.14. The fourth-order valence-corrected chi connectivity index (χ4v) is 4.59. The number of carboxylic acids is 1. The third-order valence-electron chi connectivity index (χ3n) is 5.52. The average Bonchev–Trinajstić information content (AvgIpc) is 3.44. The summed E-state index contributed by atoms with van der Waals surface area (Å²) in [4.78, 5) is 38.6. The normalized spacial score (nSPS) is 12.5. The maximum absolute atomic E-state index is 13.1. The van der Waals surface area contributed by atoms with Crippen LogP contribution in [-0.2, 0) is 16.0 Å². The van der Waals surface area contributed by atoms with E-state index in [2.05, 4.69) is 22.4 Å². The minimum absolute atomic E-state index is 0.0540. The Labute approximate surface area is 203 Å². The zero-order valence-electron chi connectivity index (χ0n) is 18.3. The third kappa shape index (κ3) is 5.46. The van der Waals surface area contributed by atoms with Gasteiger partial charge in [0.2, 0.25) is 0 Å². The number of carbonyl (C=O) groups is 3. The monoisotopic (exact) mass is 501 g/mol. The summed E-state index contributed by atoms with van der Waals surface area (Å²) in [5.74, 6) is -7.35. The lowest BCUT2D eigenvalue weighted by molar-refractivity contribution is -0.163. The van der Waals surface area contributed by atoms with Crippen molar-refractivity contribution in [1.82, 2.24) is 15.6 Å². The fraction of sp³-hybridized carbons (Fsp3) is 0.250. The van der Waals surface area contributed by atoms with Gasteiger partial charge < -0.3 is 20.5 Å². The van der Waals surface area contributed by atoms with Gasteiger partial charge in [-0.3, -0.25) is 4.79 Å². The van der Waals surface area contributed by atoms with Crippen molar-refractivity contribution in [2.75, 3.05) is 19.7 Å². The van der Waals surface area contributed by atoms with Gasteiger partial charge in [0, 0.05) is 24.3 Å². The van der Waals surface area contributed by atoms with Gasteiger partial charge in [-0.1, -0.05) is 48.5 Å². The van der Waals surface area contributed by atoms with E-state index < -0.39 is 30.4 Å². The third-order valence-corrected chi connectivity index (χ3v) is 6.43. The molecule has 0 fully saturated rings. The van der Waals surface area contributed by atoms with Crippen molar-refractivity contribution in [2.45, 2.75) is 18.3 Å². The van der Waals surface area contributed by atoms with Crippen molar-refractivity contribution < 1.29 is 33.0 Å². The predicted octanol–water partition coefficient (Wildman–Crippen LogP) is 3.67. The summed E-state index contributed by atoms with van der Waals surface area (Å²) < 4.78 is 31.6. The second kappa shape index (κ2) is 10.2. The number of nitrogens with one attached hydrogen (secondary N) is 2. The van der Waals surface area contributed by atoms with E-state index >= 15 is 0 Å². The molecule has 0 saturated heterocycles. The van der Waals surface area contributed by atoms with Gasteiger partial charge in [0.25, 0.3) is 5.91 Å². The number of carbonyl (C=O) groups excluding carboxylic acids is 2. The lowest BCUT2D eigenvalue weighted by Crippen LogP contribution is -2.42. The van der Waals surface area contributed by atoms with E-state index in [0.29, 0.717) is 11.4 Å². The highest BCUT2D eigenvalue weighted by Gasteiger charge is 2.39. The molecule has 182 valence electrons. The minimum atomic E-state index is -4.07. The zero-order chi connectivity index (χ0) is 25.0. The first-order valence-electron chi connectivity index (χ1n) is 10.7. The molecule has 0 radical (unpaired) electrons. The lowest BCUT2D eigenvalue weighted by atomic mass is 9.98. The highest BCUT2D eigenvalue weighted by atomic mass is 32.1. The molecule has 0 aliphatic heterocycles. The highest BCUT2D eigenvalue weighted by molar-refractivity contribution is 7.09. The van der Waals surface area contributed by atoms with Crippen molar-refractivity contribution in [3.8, 4) is 11.1 Å². The molecule has 35 heavy (non-hydrogen) atoms. The molecule has 3 aromatic rings. The Morgan fingerprint density at radius 2 is 1.66 bits per heavy atom. The van der Waals surface area contributed by atoms with Gasteiger partial charge >= 0.3 is 18.0 Å². The van der Waals surface area contributed by atoms with Crippen LogP contribution < -0.4 is 10.6 Å². The van der Waals surface area contributed by atoms with Crippen molar-refractivity contribution in [3.63, 3.8) is 0 Å². The number of ether oxygens (including phenoxy) is 1. The Hall–Kier alpha value is -3.86. The van der Waals surface area contributed by atoms with E-state index in [9.17, 15) is 23.2 Å². The number of aromatic nitrogens is 1. The molecule has 2 amide bonds. The van der Waals surface area contributed by atoms with Crippen molar-refractivity contribution in [2.24, 2.45) is 0 Å². The molecular formula is C24H21F2N3O5S. The number of rotatable bonds is 9. The molecule has 0 atom stereocenters. The van der Waals surface area contributed by atoms with Crippen LogP contribution in [0.15, 0.2) is 53.9 Å². The van der Waals surface area contributed by atoms with E-state index in [4.69, 9.17) is 9.84 Å². The van der Waals surface area contributed by atoms with Gasteiger partial charge in [-0.15, -0.1) is 11.3 Å². The second-order valence-electron chi connectivity index (χ2n) is 7.82. The number of aliphatic carboxylic acids is 1. The van der Waals surface area contributed by atoms with Gasteiger partial charge in [0.05, 0.1) is 11.6 Å². The van der Waals surface area contributed by atoms with Gasteiger partial charge in [0.1, 0.15) is 12.3 Å². The van der Waals surface area contributed by atoms with Crippen LogP contribution in [0.4, 0.5) is 13.6 Å². The SMILES string of the molecule is O=C(NCCc1nc(C(=O)NCC(F)(F)C(=O)O)cs1)OCC1c2ccccc2-c2ccccc21. The molecule has 1 aliphatic carbocycles. The summed E-state index contributed by atoms with van der Waals surface area (Å²) in [6.45, 7) is -0.956. The van der Waals surface area contributed by atoms with E-state index in [1.54, 1.807) is 0 Å². The summed E-state index contributed by atoms with van der Waals surface area (Å²) in [7, 11) is 0. The first-order chi connectivity index (χ1) is 16.8. The van der Waals surface area contributed by atoms with Gasteiger partial charge in [0.15, 0.2) is 0 Å². The largest absolute Gasteiger partial charge is 0.477 e. The number of alkyl carbamates (subject to hydrolysis) is 1. The Morgan fingerprint density at radius 3 is 2.29 bits per heavy atom. The summed E-state index contributed by atoms with van der Waals surface area (Å²) in [6, 6.07) is 16.0. The number of fused-ring (bicyclic) bond motifs is 3. The molecule has 0 bridgehead atoms. The Morgan fingerprint density at radius 1 is 1.03 bits per heavy atom. The number of nitrogens with zero attached hydrogens (tertiary/aromatic N) is 1. The number of hydrogen-bond acceptors (Lipinski definition) is 6. The van der Waals surface area contributed by atoms with E-state index in [1.165, 1.54) is 5.38 Å². The molecule has 8 nitrogen and oxygen atoms in total. The first-order valence-corrected chi connectivity index (χ1v) is 11.6. The average molecular weight is 502 g/mol. The fourth-order valence-electron chi connectivity index (χ4n) is 3.81. The maximum Gasteiger partial charge on any atom is 0.407 e. The van der Waals surface area contributed by atoms with Gasteiger partial charge in [-0.2, -0.15) is 8.78 Å². The summed E-state index contributed by atoms with van der Waals surface area (Å²) in [5.41, 5.74) is 4.37. The van der Waals surface area contributed by atoms with Crippen LogP contribution >= 0.6 is 11.3 Å². The second-order valence-corrected chi connectivity index (χ2v) is 8.76. The number of benzene rings is 2. The summed E-state index contributed by atoms with van der Waals surface area (Å²) >= 11 is 1.12. The molecule has 1 aromatic heterocycles. The van der Waals surface area contributed by atoms with Crippen LogP contribution in [0.25, 0.3) is 11.1 Å². The smallest absolute Gasteiger partial charge is 0.407 e. The molecule has 1 aliphatic rings. The standard InChI is InChI=1S/C24H21F2N3O5S/c25-24(26,22(31)32)13-28-21(30)19-12-35-20(29-19)9-10-27-23(33)34-11-18-16-7-3-1-5-14(16)15-6-2-4-8-17(15)18/h1-8,12,18H,9-11,13H2,(H,27,33)(H,28,30)(H,31,32). The van der Waals surface area contributed by atoms with Crippen molar-refractivity contribution >= 4 is 29.3 Å². The number of carboxylic acid groups (broad SMARTS) is 1. The van der Waals surface area contributed by atoms with Gasteiger partial charge in [-0.25, -0.2) is 14.6 Å². The number of amides is 2. The molecule has 0 saturated carbocycles. The van der Waals surface area contributed by atoms with Crippen LogP contribution in [0.2, 0.25) is 0 Å². The van der Waals surface area contributed by atoms with E-state index in [0.717, 1.165) is 33.6 Å². The minimum Gasteiger partial charge on any atom is -0.477 e. The molecule has 0 unspecified atom stereocenters. The van der Waals surface area contributed by atoms with Crippen LogP contribution in [0, 0.1) is 0 Å². The molecule has 2 aromatic carbocycles. The van der Waals surface area contributed by atoms with Crippen LogP contribution in [0.3, 0.4) is 0 Å². The summed E-state index contributed by atoms with van der Waals surface area (Å²) in [6.07, 6.45) is -0.287. The molecule has 4 rings (SSSR count). The summed E-state index contributed by atoms with van der Waals surface area (Å²) in [5, 5.41) is 14.8. The molecule has 3 N–H and O–H groups in total. The quantitative estimate of drug-likeness (QED) is 0.412. The zero-order valence-corrected chi connectivity index (χ0v) is 19.1. The highest BCUT2D eigenvalue weighted by Crippen LogP contribution is 2.44. The van der Waals surface area contributed by atoms with Crippen molar-refractivity contribution in [1.29, 1.82) is 0 Å². The number of hydrogen-bond donors (Lipinski definition) is 3. The van der Waals surface area contributed by atoms with Crippen LogP contribution in [0.5, 0.6) is 0 Å². The number of alkyl halides is 2. The predicted molar refractivity (Wildman–Crippen MR) is 124 cm³/mol. The van der Waals surface area contributed by atoms with Crippen molar-refractivity contribution in [3.05, 3.63) is 75.7 Å². The Bertz CT molecular complexity index is 1220. The molecule has 1 heterocycles. The van der Waals surface area contributed by atoms with Crippen LogP contribution in [0.1, 0.15) is 32.5 Å². The van der Waals surface area contributed by atoms with Crippen LogP contribution in [-0.4, -0.2) is 53.7 Å². The molecule has 0 spiro atoms. The van der Waals surface area contributed by atoms with E-state index in [1.807, 2.05) is 41.7 Å². The number of thiazole rings is 1. The van der Waals surface area contributed by atoms with Gasteiger partial charge in [-0.05, 0) is 22.3 Å². The van der Waals surface area contributed by atoms with E-state index in [-0.39, 0.29) is 24.8 Å². The maximum atomic E-state index is 13.1. The molecule has 11 heteroatoms. The Kier molecular flexibility index (Phi) is 7.06. The topological polar surface area (TPSA) is 118 Å². The Balaban J connectivity index is 1.24. The molecular weight excluding hydrogens is 480 g/mol. The number of halogens is 2. The first kappa shape index (κ1) is 24.3.